The van der Waals surface area contributed by atoms with Crippen molar-refractivity contribution in [3.05, 3.63) is 76.4 Å². The minimum atomic E-state index is 0.0666. The number of hydrogen-bond acceptors (Lipinski definition) is 3. The fourth-order valence-electron chi connectivity index (χ4n) is 3.43. The van der Waals surface area contributed by atoms with Gasteiger partial charge in [0.1, 0.15) is 0 Å². The first kappa shape index (κ1) is 18.6. The van der Waals surface area contributed by atoms with E-state index in [-0.39, 0.29) is 5.78 Å². The Labute approximate surface area is 156 Å². The molecule has 0 saturated carbocycles. The second-order valence-corrected chi connectivity index (χ2v) is 7.29. The summed E-state index contributed by atoms with van der Waals surface area (Å²) >= 11 is 0. The lowest BCUT2D eigenvalue weighted by atomic mass is 10.0. The van der Waals surface area contributed by atoms with Crippen LogP contribution in [0.4, 0.5) is 0 Å². The maximum absolute atomic E-state index is 12.6. The highest BCUT2D eigenvalue weighted by Crippen LogP contribution is 2.17. The molecule has 0 spiro atoms. The molecule has 0 aromatic heterocycles. The first-order valence-corrected chi connectivity index (χ1v) is 9.31. The van der Waals surface area contributed by atoms with Crippen LogP contribution in [0, 0.1) is 13.8 Å². The summed E-state index contributed by atoms with van der Waals surface area (Å²) in [5.41, 5.74) is 5.40. The fraction of sp³-hybridized carbons (Fsp3) is 0.348. The predicted octanol–water partition coefficient (Wildman–Crippen LogP) is 3.95. The van der Waals surface area contributed by atoms with Gasteiger partial charge >= 0.3 is 0 Å². The van der Waals surface area contributed by atoms with Gasteiger partial charge in [0.2, 0.25) is 0 Å². The van der Waals surface area contributed by atoms with Gasteiger partial charge in [-0.2, -0.15) is 0 Å². The van der Waals surface area contributed by atoms with Crippen molar-refractivity contribution in [2.45, 2.75) is 20.4 Å². The third-order valence-corrected chi connectivity index (χ3v) is 5.11. The largest absolute Gasteiger partial charge is 0.304 e. The van der Waals surface area contributed by atoms with Gasteiger partial charge in [-0.05, 0) is 43.7 Å². The summed E-state index contributed by atoms with van der Waals surface area (Å²) in [5.74, 6) is 0.0666. The first-order valence-electron chi connectivity index (χ1n) is 9.31. The molecule has 0 atom stereocenters. The van der Waals surface area contributed by atoms with Gasteiger partial charge in [0.15, 0.2) is 5.78 Å². The molecule has 1 aliphatic heterocycles. The quantitative estimate of drug-likeness (QED) is 0.604. The van der Waals surface area contributed by atoms with E-state index in [0.29, 0.717) is 0 Å². The lowest BCUT2D eigenvalue weighted by Gasteiger charge is -2.32. The van der Waals surface area contributed by atoms with Gasteiger partial charge in [0.25, 0.3) is 0 Å². The highest BCUT2D eigenvalue weighted by molar-refractivity contribution is 6.07. The fourth-order valence-corrected chi connectivity index (χ4v) is 3.43. The molecule has 3 heteroatoms. The molecular weight excluding hydrogens is 320 g/mol. The van der Waals surface area contributed by atoms with Crippen molar-refractivity contribution in [1.29, 1.82) is 0 Å². The molecule has 136 valence electrons. The molecule has 3 nitrogen and oxygen atoms in total. The van der Waals surface area contributed by atoms with Crippen LogP contribution in [-0.4, -0.2) is 48.8 Å². The van der Waals surface area contributed by atoms with Crippen LogP contribution in [-0.2, 0) is 6.54 Å². The first-order chi connectivity index (χ1) is 12.5. The molecule has 0 N–H and O–H groups in total. The number of carbonyl (C=O) groups excluding carboxylic acids is 1. The Morgan fingerprint density at radius 3 is 2.50 bits per heavy atom. The number of likely N-dealkylation sites (N-methyl/N-ethyl adjacent to an activating group) is 1. The summed E-state index contributed by atoms with van der Waals surface area (Å²) in [6.45, 7) is 9.39. The molecule has 1 saturated heterocycles. The van der Waals surface area contributed by atoms with Gasteiger partial charge in [0.05, 0.1) is 0 Å². The van der Waals surface area contributed by atoms with E-state index in [1.165, 1.54) is 11.1 Å². The van der Waals surface area contributed by atoms with E-state index in [1.54, 1.807) is 6.08 Å². The van der Waals surface area contributed by atoms with Gasteiger partial charge in [-0.1, -0.05) is 54.1 Å². The van der Waals surface area contributed by atoms with Crippen molar-refractivity contribution in [2.75, 3.05) is 33.2 Å². The Kier molecular flexibility index (Phi) is 6.02. The lowest BCUT2D eigenvalue weighted by molar-refractivity contribution is 0.104. The molecule has 3 rings (SSSR count). The van der Waals surface area contributed by atoms with E-state index in [9.17, 15) is 4.79 Å². The van der Waals surface area contributed by atoms with Crippen LogP contribution in [0.3, 0.4) is 0 Å². The monoisotopic (exact) mass is 348 g/mol. The van der Waals surface area contributed by atoms with Gasteiger partial charge in [-0.25, -0.2) is 0 Å². The molecule has 0 radical (unpaired) electrons. The molecule has 1 aliphatic rings. The highest BCUT2D eigenvalue weighted by Gasteiger charge is 2.14. The molecule has 1 heterocycles. The van der Waals surface area contributed by atoms with E-state index in [1.807, 2.05) is 38.1 Å². The van der Waals surface area contributed by atoms with Crippen molar-refractivity contribution in [1.82, 2.24) is 9.80 Å². The summed E-state index contributed by atoms with van der Waals surface area (Å²) in [4.78, 5) is 17.4. The third kappa shape index (κ3) is 4.69. The topological polar surface area (TPSA) is 23.6 Å². The van der Waals surface area contributed by atoms with Crippen LogP contribution in [0.15, 0.2) is 48.5 Å². The van der Waals surface area contributed by atoms with Crippen LogP contribution in [0.2, 0.25) is 0 Å². The third-order valence-electron chi connectivity index (χ3n) is 5.11. The Bertz CT molecular complexity index is 802. The molecule has 26 heavy (non-hydrogen) atoms. The minimum Gasteiger partial charge on any atom is -0.304 e. The number of benzene rings is 2. The zero-order chi connectivity index (χ0) is 18.5. The van der Waals surface area contributed by atoms with Crippen LogP contribution < -0.4 is 0 Å². The van der Waals surface area contributed by atoms with E-state index < -0.39 is 0 Å². The van der Waals surface area contributed by atoms with Gasteiger partial charge in [-0.3, -0.25) is 9.69 Å². The number of rotatable bonds is 5. The van der Waals surface area contributed by atoms with Crippen molar-refractivity contribution < 1.29 is 4.79 Å². The zero-order valence-electron chi connectivity index (χ0n) is 16.0. The SMILES string of the molecule is Cc1ccc(C(=O)C=Cc2ccccc2CN2CCN(C)CC2)c(C)c1. The average Bonchev–Trinajstić information content (AvgIpc) is 2.62. The second-order valence-electron chi connectivity index (χ2n) is 7.29. The van der Waals surface area contributed by atoms with Gasteiger partial charge in [0, 0.05) is 38.3 Å². The standard InChI is InChI=1S/C23H28N2O/c1-18-8-10-22(19(2)16-18)23(26)11-9-20-6-4-5-7-21(20)17-25-14-12-24(3)13-15-25/h4-11,16H,12-15,17H2,1-3H3. The molecule has 1 fully saturated rings. The summed E-state index contributed by atoms with van der Waals surface area (Å²) in [6.07, 6.45) is 3.67. The Balaban J connectivity index is 1.73. The number of ketones is 1. The maximum Gasteiger partial charge on any atom is 0.186 e. The summed E-state index contributed by atoms with van der Waals surface area (Å²) in [6, 6.07) is 14.4. The van der Waals surface area contributed by atoms with Crippen molar-refractivity contribution in [2.24, 2.45) is 0 Å². The van der Waals surface area contributed by atoms with E-state index in [0.717, 1.165) is 49.4 Å². The normalized spacial score (nSPS) is 16.3. The summed E-state index contributed by atoms with van der Waals surface area (Å²) < 4.78 is 0. The Hall–Kier alpha value is -2.23. The number of allylic oxidation sites excluding steroid dienone is 1. The Morgan fingerprint density at radius 2 is 1.77 bits per heavy atom. The van der Waals surface area contributed by atoms with Crippen molar-refractivity contribution in [3.8, 4) is 0 Å². The van der Waals surface area contributed by atoms with E-state index in [4.69, 9.17) is 0 Å². The molecule has 0 amide bonds. The van der Waals surface area contributed by atoms with Gasteiger partial charge in [-0.15, -0.1) is 0 Å². The van der Waals surface area contributed by atoms with E-state index in [2.05, 4.69) is 41.1 Å². The molecule has 0 bridgehead atoms. The highest BCUT2D eigenvalue weighted by atomic mass is 16.1. The van der Waals surface area contributed by atoms with Crippen molar-refractivity contribution >= 4 is 11.9 Å². The molecule has 2 aromatic rings. The van der Waals surface area contributed by atoms with Crippen LogP contribution in [0.5, 0.6) is 0 Å². The average molecular weight is 348 g/mol. The maximum atomic E-state index is 12.6. The van der Waals surface area contributed by atoms with Crippen molar-refractivity contribution in [3.63, 3.8) is 0 Å². The lowest BCUT2D eigenvalue weighted by Crippen LogP contribution is -2.43. The Morgan fingerprint density at radius 1 is 1.04 bits per heavy atom. The number of hydrogen-bond donors (Lipinski definition) is 0. The number of aryl methyl sites for hydroxylation is 2. The molecular formula is C23H28N2O. The zero-order valence-corrected chi connectivity index (χ0v) is 16.0. The molecule has 0 unspecified atom stereocenters. The number of nitrogens with zero attached hydrogens (tertiary/aromatic N) is 2. The molecule has 2 aromatic carbocycles. The number of carbonyl (C=O) groups is 1. The van der Waals surface area contributed by atoms with E-state index >= 15 is 0 Å². The smallest absolute Gasteiger partial charge is 0.186 e. The minimum absolute atomic E-state index is 0.0666. The number of piperazine rings is 1. The van der Waals surface area contributed by atoms with Gasteiger partial charge < -0.3 is 4.90 Å². The van der Waals surface area contributed by atoms with Crippen LogP contribution in [0.25, 0.3) is 6.08 Å². The second kappa shape index (κ2) is 8.43. The predicted molar refractivity (Wildman–Crippen MR) is 108 cm³/mol. The van der Waals surface area contributed by atoms with Crippen LogP contribution >= 0.6 is 0 Å². The van der Waals surface area contributed by atoms with Crippen LogP contribution in [0.1, 0.15) is 32.6 Å². The molecule has 0 aliphatic carbocycles. The summed E-state index contributed by atoms with van der Waals surface area (Å²) in [5, 5.41) is 0. The summed E-state index contributed by atoms with van der Waals surface area (Å²) in [7, 11) is 2.17.